The van der Waals surface area contributed by atoms with E-state index in [2.05, 4.69) is 10.6 Å². The smallest absolute Gasteiger partial charge is 0.237 e. The van der Waals surface area contributed by atoms with E-state index in [0.717, 1.165) is 11.1 Å². The summed E-state index contributed by atoms with van der Waals surface area (Å²) >= 11 is 11.9. The van der Waals surface area contributed by atoms with Gasteiger partial charge in [0, 0.05) is 12.1 Å². The number of anilines is 1. The molecule has 28 heavy (non-hydrogen) atoms. The van der Waals surface area contributed by atoms with Crippen molar-refractivity contribution in [2.24, 2.45) is 0 Å². The van der Waals surface area contributed by atoms with E-state index in [0.29, 0.717) is 35.0 Å². The third-order valence-corrected chi connectivity index (χ3v) is 5.88. The van der Waals surface area contributed by atoms with E-state index < -0.39 is 5.41 Å². The standard InChI is InChI=1S/C21H20Cl2N2O3/c1-2-21(10-9-18(26)25-20(21)28)14-4-6-15(7-5-14)24-19(27)12-13-3-8-16(22)17(23)11-13/h3-8,11H,2,9-10,12H2,1H3,(H,24,27)(H,25,26,28). The van der Waals surface area contributed by atoms with Gasteiger partial charge in [-0.1, -0.05) is 48.3 Å². The number of carbonyl (C=O) groups is 3. The molecular formula is C21H20Cl2N2O3. The number of hydrogen-bond acceptors (Lipinski definition) is 3. The first-order chi connectivity index (χ1) is 13.3. The number of halogens is 2. The van der Waals surface area contributed by atoms with Crippen LogP contribution < -0.4 is 10.6 Å². The third kappa shape index (κ3) is 4.21. The Kier molecular flexibility index (Phi) is 6.06. The summed E-state index contributed by atoms with van der Waals surface area (Å²) in [5.74, 6) is -0.680. The molecule has 5 nitrogen and oxygen atoms in total. The lowest BCUT2D eigenvalue weighted by Gasteiger charge is -2.35. The van der Waals surface area contributed by atoms with E-state index in [1.54, 1.807) is 30.3 Å². The Labute approximate surface area is 173 Å². The highest BCUT2D eigenvalue weighted by Gasteiger charge is 2.42. The predicted molar refractivity (Wildman–Crippen MR) is 110 cm³/mol. The van der Waals surface area contributed by atoms with Crippen LogP contribution in [0.1, 0.15) is 37.3 Å². The number of piperidine rings is 1. The van der Waals surface area contributed by atoms with Gasteiger partial charge in [0.05, 0.1) is 21.9 Å². The molecular weight excluding hydrogens is 399 g/mol. The quantitative estimate of drug-likeness (QED) is 0.712. The van der Waals surface area contributed by atoms with E-state index in [-0.39, 0.29) is 24.1 Å². The minimum Gasteiger partial charge on any atom is -0.326 e. The molecule has 146 valence electrons. The molecule has 2 aromatic rings. The van der Waals surface area contributed by atoms with Gasteiger partial charge in [0.15, 0.2) is 0 Å². The fourth-order valence-corrected chi connectivity index (χ4v) is 3.80. The van der Waals surface area contributed by atoms with Gasteiger partial charge in [-0.25, -0.2) is 0 Å². The van der Waals surface area contributed by atoms with Crippen LogP contribution in [0.2, 0.25) is 10.0 Å². The number of benzene rings is 2. The van der Waals surface area contributed by atoms with Crippen LogP contribution in [-0.2, 0) is 26.2 Å². The molecule has 0 bridgehead atoms. The first kappa shape index (κ1) is 20.4. The summed E-state index contributed by atoms with van der Waals surface area (Å²) in [5.41, 5.74) is 1.52. The van der Waals surface area contributed by atoms with E-state index in [1.165, 1.54) is 0 Å². The van der Waals surface area contributed by atoms with Crippen LogP contribution in [0.3, 0.4) is 0 Å². The van der Waals surface area contributed by atoms with Gasteiger partial charge in [0.1, 0.15) is 0 Å². The molecule has 0 saturated carbocycles. The second-order valence-corrected chi connectivity index (χ2v) is 7.68. The van der Waals surface area contributed by atoms with Crippen molar-refractivity contribution in [1.82, 2.24) is 5.32 Å². The molecule has 0 aromatic heterocycles. The predicted octanol–water partition coefficient (Wildman–Crippen LogP) is 4.26. The van der Waals surface area contributed by atoms with Gasteiger partial charge in [-0.3, -0.25) is 19.7 Å². The molecule has 0 radical (unpaired) electrons. The van der Waals surface area contributed by atoms with Crippen molar-refractivity contribution in [2.75, 3.05) is 5.32 Å². The highest BCUT2D eigenvalue weighted by atomic mass is 35.5. The molecule has 3 rings (SSSR count). The van der Waals surface area contributed by atoms with Crippen LogP contribution in [-0.4, -0.2) is 17.7 Å². The Balaban J connectivity index is 1.70. The van der Waals surface area contributed by atoms with E-state index in [4.69, 9.17) is 23.2 Å². The lowest BCUT2D eigenvalue weighted by Crippen LogP contribution is -2.51. The van der Waals surface area contributed by atoms with Crippen molar-refractivity contribution in [3.63, 3.8) is 0 Å². The molecule has 1 heterocycles. The van der Waals surface area contributed by atoms with Crippen molar-refractivity contribution in [3.05, 3.63) is 63.6 Å². The SMILES string of the molecule is CCC1(c2ccc(NC(=O)Cc3ccc(Cl)c(Cl)c3)cc2)CCC(=O)NC1=O. The number of hydrogen-bond donors (Lipinski definition) is 2. The molecule has 1 aliphatic rings. The van der Waals surface area contributed by atoms with Crippen LogP contribution >= 0.6 is 23.2 Å². The minimum absolute atomic E-state index is 0.169. The zero-order valence-electron chi connectivity index (χ0n) is 15.4. The Morgan fingerprint density at radius 1 is 1.11 bits per heavy atom. The topological polar surface area (TPSA) is 75.3 Å². The number of rotatable bonds is 5. The molecule has 7 heteroatoms. The molecule has 2 N–H and O–H groups in total. The summed E-state index contributed by atoms with van der Waals surface area (Å²) in [6.07, 6.45) is 1.57. The molecule has 1 atom stereocenters. The van der Waals surface area contributed by atoms with Gasteiger partial charge < -0.3 is 5.32 Å². The summed E-state index contributed by atoms with van der Waals surface area (Å²) in [6.45, 7) is 1.93. The fourth-order valence-electron chi connectivity index (χ4n) is 3.48. The van der Waals surface area contributed by atoms with E-state index in [9.17, 15) is 14.4 Å². The first-order valence-corrected chi connectivity index (χ1v) is 9.78. The van der Waals surface area contributed by atoms with Crippen LogP contribution in [0, 0.1) is 0 Å². The zero-order chi connectivity index (χ0) is 20.3. The van der Waals surface area contributed by atoms with Crippen molar-refractivity contribution in [3.8, 4) is 0 Å². The van der Waals surface area contributed by atoms with Gasteiger partial charge in [0.25, 0.3) is 0 Å². The normalized spacial score (nSPS) is 19.2. The van der Waals surface area contributed by atoms with Gasteiger partial charge in [0.2, 0.25) is 17.7 Å². The largest absolute Gasteiger partial charge is 0.326 e. The Morgan fingerprint density at radius 2 is 1.82 bits per heavy atom. The highest BCUT2D eigenvalue weighted by Crippen LogP contribution is 2.36. The Morgan fingerprint density at radius 3 is 2.43 bits per heavy atom. The summed E-state index contributed by atoms with van der Waals surface area (Å²) in [7, 11) is 0. The molecule has 0 spiro atoms. The van der Waals surface area contributed by atoms with Crippen molar-refractivity contribution in [1.29, 1.82) is 0 Å². The average molecular weight is 419 g/mol. The van der Waals surface area contributed by atoms with Crippen LogP contribution in [0.15, 0.2) is 42.5 Å². The maximum atomic E-state index is 12.5. The summed E-state index contributed by atoms with van der Waals surface area (Å²) < 4.78 is 0. The van der Waals surface area contributed by atoms with E-state index >= 15 is 0 Å². The summed E-state index contributed by atoms with van der Waals surface area (Å²) in [4.78, 5) is 36.2. The van der Waals surface area contributed by atoms with Crippen LogP contribution in [0.4, 0.5) is 5.69 Å². The molecule has 1 fully saturated rings. The van der Waals surface area contributed by atoms with Crippen LogP contribution in [0.25, 0.3) is 0 Å². The average Bonchev–Trinajstić information content (AvgIpc) is 2.66. The number of imide groups is 1. The van der Waals surface area contributed by atoms with Gasteiger partial charge >= 0.3 is 0 Å². The Bertz CT molecular complexity index is 928. The number of carbonyl (C=O) groups excluding carboxylic acids is 3. The molecule has 1 aliphatic heterocycles. The zero-order valence-corrected chi connectivity index (χ0v) is 16.9. The van der Waals surface area contributed by atoms with Gasteiger partial charge in [-0.2, -0.15) is 0 Å². The maximum Gasteiger partial charge on any atom is 0.237 e. The molecule has 0 aliphatic carbocycles. The van der Waals surface area contributed by atoms with Gasteiger partial charge in [-0.15, -0.1) is 0 Å². The van der Waals surface area contributed by atoms with E-state index in [1.807, 2.05) is 19.1 Å². The van der Waals surface area contributed by atoms with Crippen molar-refractivity contribution < 1.29 is 14.4 Å². The highest BCUT2D eigenvalue weighted by molar-refractivity contribution is 6.42. The molecule has 1 saturated heterocycles. The second-order valence-electron chi connectivity index (χ2n) is 6.86. The van der Waals surface area contributed by atoms with Crippen molar-refractivity contribution >= 4 is 46.6 Å². The van der Waals surface area contributed by atoms with Gasteiger partial charge in [-0.05, 0) is 48.2 Å². The molecule has 2 aromatic carbocycles. The molecule has 3 amide bonds. The Hall–Kier alpha value is -2.37. The third-order valence-electron chi connectivity index (χ3n) is 5.14. The minimum atomic E-state index is -0.712. The molecule has 1 unspecified atom stereocenters. The van der Waals surface area contributed by atoms with Crippen LogP contribution in [0.5, 0.6) is 0 Å². The monoisotopic (exact) mass is 418 g/mol. The fraction of sp³-hybridized carbons (Fsp3) is 0.286. The summed E-state index contributed by atoms with van der Waals surface area (Å²) in [6, 6.07) is 12.3. The number of nitrogens with one attached hydrogen (secondary N) is 2. The summed E-state index contributed by atoms with van der Waals surface area (Å²) in [5, 5.41) is 6.12. The second kappa shape index (κ2) is 8.33. The number of amides is 3. The lowest BCUT2D eigenvalue weighted by molar-refractivity contribution is -0.138. The lowest BCUT2D eigenvalue weighted by atomic mass is 9.72. The first-order valence-electron chi connectivity index (χ1n) is 9.02. The van der Waals surface area contributed by atoms with Crippen molar-refractivity contribution in [2.45, 2.75) is 38.0 Å². The maximum absolute atomic E-state index is 12.5.